The van der Waals surface area contributed by atoms with Crippen LogP contribution in [0.5, 0.6) is 0 Å². The quantitative estimate of drug-likeness (QED) is 0.853. The lowest BCUT2D eigenvalue weighted by atomic mass is 10.2. The normalized spacial score (nSPS) is 18.7. The average Bonchev–Trinajstić information content (AvgIpc) is 2.88. The maximum Gasteiger partial charge on any atom is 0.471 e. The monoisotopic (exact) mass is 304 g/mol. The Kier molecular flexibility index (Phi) is 4.15. The van der Waals surface area contributed by atoms with E-state index >= 15 is 0 Å². The number of nitrogens with one attached hydrogen (secondary N) is 1. The highest BCUT2D eigenvalue weighted by molar-refractivity contribution is 5.98. The second-order valence-corrected chi connectivity index (χ2v) is 4.65. The molecule has 1 N–H and O–H groups in total. The third kappa shape index (κ3) is 3.50. The van der Waals surface area contributed by atoms with Crippen LogP contribution in [0.3, 0.4) is 0 Å². The number of benzene rings is 1. The molecule has 1 aromatic rings. The number of carbonyl (C=O) groups excluding carboxylic acids is 2. The first-order valence-corrected chi connectivity index (χ1v) is 6.23. The van der Waals surface area contributed by atoms with E-state index in [1.54, 1.807) is 0 Å². The molecular formula is C13H12F4N2O2. The van der Waals surface area contributed by atoms with Gasteiger partial charge in [0, 0.05) is 12.2 Å². The number of alkyl halides is 3. The molecule has 2 rings (SSSR count). The second-order valence-electron chi connectivity index (χ2n) is 4.65. The van der Waals surface area contributed by atoms with E-state index in [-0.39, 0.29) is 18.7 Å². The van der Waals surface area contributed by atoms with Crippen molar-refractivity contribution in [3.05, 3.63) is 30.1 Å². The van der Waals surface area contributed by atoms with Gasteiger partial charge in [-0.05, 0) is 37.1 Å². The summed E-state index contributed by atoms with van der Waals surface area (Å²) in [6.45, 7) is -0.111. The molecule has 4 nitrogen and oxygen atoms in total. The van der Waals surface area contributed by atoms with E-state index in [1.165, 1.54) is 12.1 Å². The Labute approximate surface area is 117 Å². The van der Waals surface area contributed by atoms with Gasteiger partial charge in [-0.25, -0.2) is 4.39 Å². The van der Waals surface area contributed by atoms with Gasteiger partial charge in [0.05, 0.1) is 0 Å². The standard InChI is InChI=1S/C13H12F4N2O2/c14-8-3-5-9(6-4-8)18-11(20)10-2-1-7-19(10)12(21)13(15,16)17/h3-6,10H,1-2,7H2,(H,18,20). The molecule has 0 spiro atoms. The van der Waals surface area contributed by atoms with Gasteiger partial charge in [0.1, 0.15) is 11.9 Å². The van der Waals surface area contributed by atoms with Crippen molar-refractivity contribution in [2.75, 3.05) is 11.9 Å². The number of hydrogen-bond acceptors (Lipinski definition) is 2. The van der Waals surface area contributed by atoms with E-state index in [1.807, 2.05) is 0 Å². The molecule has 0 radical (unpaired) electrons. The van der Waals surface area contributed by atoms with Gasteiger partial charge in [0.25, 0.3) is 0 Å². The number of likely N-dealkylation sites (tertiary alicyclic amines) is 1. The first kappa shape index (κ1) is 15.3. The molecule has 2 amide bonds. The highest BCUT2D eigenvalue weighted by Gasteiger charge is 2.47. The average molecular weight is 304 g/mol. The SMILES string of the molecule is O=C(Nc1ccc(F)cc1)C1CCCN1C(=O)C(F)(F)F. The second kappa shape index (κ2) is 5.71. The predicted octanol–water partition coefficient (Wildman–Crippen LogP) is 2.32. The Bertz CT molecular complexity index is 542. The van der Waals surface area contributed by atoms with E-state index < -0.39 is 29.8 Å². The fourth-order valence-corrected chi connectivity index (χ4v) is 2.20. The zero-order valence-electron chi connectivity index (χ0n) is 10.8. The number of rotatable bonds is 2. The van der Waals surface area contributed by atoms with Crippen LogP contribution in [0.25, 0.3) is 0 Å². The predicted molar refractivity (Wildman–Crippen MR) is 65.8 cm³/mol. The molecule has 1 aliphatic heterocycles. The molecule has 1 saturated heterocycles. The van der Waals surface area contributed by atoms with Crippen molar-refractivity contribution in [1.29, 1.82) is 0 Å². The summed E-state index contributed by atoms with van der Waals surface area (Å²) in [5.41, 5.74) is 0.257. The van der Waals surface area contributed by atoms with Gasteiger partial charge in [0.2, 0.25) is 5.91 Å². The number of carbonyl (C=O) groups is 2. The van der Waals surface area contributed by atoms with Crippen LogP contribution in [0.2, 0.25) is 0 Å². The minimum Gasteiger partial charge on any atom is -0.324 e. The first-order valence-electron chi connectivity index (χ1n) is 6.23. The third-order valence-electron chi connectivity index (χ3n) is 3.17. The van der Waals surface area contributed by atoms with Crippen molar-refractivity contribution in [2.24, 2.45) is 0 Å². The van der Waals surface area contributed by atoms with Gasteiger partial charge in [0.15, 0.2) is 0 Å². The molecule has 21 heavy (non-hydrogen) atoms. The van der Waals surface area contributed by atoms with Crippen LogP contribution in [0.15, 0.2) is 24.3 Å². The number of anilines is 1. The summed E-state index contributed by atoms with van der Waals surface area (Å²) < 4.78 is 50.1. The minimum absolute atomic E-state index is 0.111. The summed E-state index contributed by atoms with van der Waals surface area (Å²) in [5, 5.41) is 2.38. The lowest BCUT2D eigenvalue weighted by Gasteiger charge is -2.24. The summed E-state index contributed by atoms with van der Waals surface area (Å²) in [6, 6.07) is 3.64. The lowest BCUT2D eigenvalue weighted by Crippen LogP contribution is -2.48. The van der Waals surface area contributed by atoms with E-state index in [4.69, 9.17) is 0 Å². The maximum absolute atomic E-state index is 12.7. The zero-order valence-corrected chi connectivity index (χ0v) is 10.8. The molecule has 1 atom stereocenters. The molecule has 1 unspecified atom stereocenters. The summed E-state index contributed by atoms with van der Waals surface area (Å²) in [5.74, 6) is -3.22. The minimum atomic E-state index is -5.00. The zero-order chi connectivity index (χ0) is 15.6. The molecule has 114 valence electrons. The van der Waals surface area contributed by atoms with E-state index in [9.17, 15) is 27.2 Å². The van der Waals surface area contributed by atoms with Crippen LogP contribution in [0.1, 0.15) is 12.8 Å². The van der Waals surface area contributed by atoms with Crippen molar-refractivity contribution in [2.45, 2.75) is 25.1 Å². The Morgan fingerprint density at radius 2 is 1.81 bits per heavy atom. The fraction of sp³-hybridized carbons (Fsp3) is 0.385. The Morgan fingerprint density at radius 1 is 1.19 bits per heavy atom. The molecule has 0 aromatic heterocycles. The maximum atomic E-state index is 12.7. The third-order valence-corrected chi connectivity index (χ3v) is 3.17. The number of halogens is 4. The highest BCUT2D eigenvalue weighted by Crippen LogP contribution is 2.26. The van der Waals surface area contributed by atoms with Gasteiger partial charge in [-0.2, -0.15) is 13.2 Å². The number of hydrogen-bond donors (Lipinski definition) is 1. The van der Waals surface area contributed by atoms with Crippen LogP contribution in [-0.4, -0.2) is 35.5 Å². The molecule has 0 saturated carbocycles. The van der Waals surface area contributed by atoms with Crippen LogP contribution >= 0.6 is 0 Å². The van der Waals surface area contributed by atoms with Crippen molar-refractivity contribution in [3.63, 3.8) is 0 Å². The number of nitrogens with zero attached hydrogens (tertiary/aromatic N) is 1. The Hall–Kier alpha value is -2.12. The smallest absolute Gasteiger partial charge is 0.324 e. The summed E-state index contributed by atoms with van der Waals surface area (Å²) in [6.07, 6.45) is -4.52. The van der Waals surface area contributed by atoms with Crippen LogP contribution < -0.4 is 5.32 Å². The fourth-order valence-electron chi connectivity index (χ4n) is 2.20. The molecular weight excluding hydrogens is 292 g/mol. The molecule has 1 fully saturated rings. The largest absolute Gasteiger partial charge is 0.471 e. The van der Waals surface area contributed by atoms with E-state index in [0.717, 1.165) is 12.1 Å². The van der Waals surface area contributed by atoms with Crippen molar-refractivity contribution in [1.82, 2.24) is 4.90 Å². The molecule has 0 aliphatic carbocycles. The molecule has 1 aromatic carbocycles. The molecule has 0 bridgehead atoms. The number of amides is 2. The highest BCUT2D eigenvalue weighted by atomic mass is 19.4. The van der Waals surface area contributed by atoms with Crippen LogP contribution in [-0.2, 0) is 9.59 Å². The lowest BCUT2D eigenvalue weighted by molar-refractivity contribution is -0.186. The van der Waals surface area contributed by atoms with Crippen LogP contribution in [0, 0.1) is 5.82 Å². The van der Waals surface area contributed by atoms with Crippen molar-refractivity contribution >= 4 is 17.5 Å². The van der Waals surface area contributed by atoms with Gasteiger partial charge >= 0.3 is 12.1 Å². The van der Waals surface area contributed by atoms with Gasteiger partial charge in [-0.1, -0.05) is 0 Å². The van der Waals surface area contributed by atoms with Crippen molar-refractivity contribution < 1.29 is 27.2 Å². The van der Waals surface area contributed by atoms with E-state index in [2.05, 4.69) is 5.32 Å². The van der Waals surface area contributed by atoms with E-state index in [0.29, 0.717) is 11.3 Å². The van der Waals surface area contributed by atoms with Crippen molar-refractivity contribution in [3.8, 4) is 0 Å². The first-order chi connectivity index (χ1) is 9.79. The Balaban J connectivity index is 2.07. The Morgan fingerprint density at radius 3 is 2.38 bits per heavy atom. The van der Waals surface area contributed by atoms with Gasteiger partial charge in [-0.15, -0.1) is 0 Å². The molecule has 1 aliphatic rings. The summed E-state index contributed by atoms with van der Waals surface area (Å²) >= 11 is 0. The topological polar surface area (TPSA) is 49.4 Å². The van der Waals surface area contributed by atoms with Gasteiger partial charge < -0.3 is 10.2 Å². The summed E-state index contributed by atoms with van der Waals surface area (Å²) in [4.78, 5) is 23.8. The molecule has 1 heterocycles. The summed E-state index contributed by atoms with van der Waals surface area (Å²) in [7, 11) is 0. The van der Waals surface area contributed by atoms with Crippen LogP contribution in [0.4, 0.5) is 23.2 Å². The van der Waals surface area contributed by atoms with Gasteiger partial charge in [-0.3, -0.25) is 9.59 Å². The molecule has 8 heteroatoms.